The van der Waals surface area contributed by atoms with Crippen LogP contribution >= 0.6 is 11.3 Å². The average molecular weight is 432 g/mol. The molecule has 0 saturated carbocycles. The Balaban J connectivity index is 1.67. The number of ether oxygens (including phenoxy) is 2. The van der Waals surface area contributed by atoms with E-state index in [1.54, 1.807) is 11.3 Å². The third-order valence-electron chi connectivity index (χ3n) is 4.60. The number of aryl methyl sites for hydroxylation is 3. The van der Waals surface area contributed by atoms with Crippen LogP contribution in [0.25, 0.3) is 0 Å². The molecule has 3 N–H and O–H groups in total. The summed E-state index contributed by atoms with van der Waals surface area (Å²) in [5.74, 6) is -1.09. The molecule has 0 aliphatic carbocycles. The van der Waals surface area contributed by atoms with Crippen LogP contribution in [0.5, 0.6) is 5.75 Å². The molecule has 1 heterocycles. The molecule has 0 radical (unpaired) electrons. The lowest BCUT2D eigenvalue weighted by molar-refractivity contribution is -0.145. The Bertz CT molecular complexity index is 844. The van der Waals surface area contributed by atoms with Gasteiger partial charge in [-0.1, -0.05) is 24.6 Å². The minimum atomic E-state index is -1.20. The number of esters is 1. The van der Waals surface area contributed by atoms with Gasteiger partial charge in [0.2, 0.25) is 0 Å². The molecule has 0 aliphatic heterocycles. The summed E-state index contributed by atoms with van der Waals surface area (Å²) in [4.78, 5) is 24.5. The lowest BCUT2D eigenvalue weighted by Crippen LogP contribution is -2.33. The number of benzene rings is 1. The van der Waals surface area contributed by atoms with Gasteiger partial charge in [-0.05, 0) is 56.9 Å². The van der Waals surface area contributed by atoms with E-state index in [1.807, 2.05) is 31.2 Å². The average Bonchev–Trinajstić information content (AvgIpc) is 3.17. The first-order valence-electron chi connectivity index (χ1n) is 9.97. The van der Waals surface area contributed by atoms with Crippen LogP contribution in [0.2, 0.25) is 0 Å². The van der Waals surface area contributed by atoms with E-state index in [2.05, 4.69) is 19.1 Å². The van der Waals surface area contributed by atoms with Gasteiger partial charge in [0.05, 0.1) is 6.61 Å². The van der Waals surface area contributed by atoms with Crippen LogP contribution in [-0.4, -0.2) is 29.9 Å². The van der Waals surface area contributed by atoms with Crippen LogP contribution in [0.4, 0.5) is 0 Å². The van der Waals surface area contributed by atoms with Gasteiger partial charge in [0, 0.05) is 27.8 Å². The van der Waals surface area contributed by atoms with E-state index < -0.39 is 18.2 Å². The normalized spacial score (nSPS) is 13.2. The zero-order valence-corrected chi connectivity index (χ0v) is 18.2. The molecule has 2 atom stereocenters. The molecular formula is C23H29NO5S. The van der Waals surface area contributed by atoms with Crippen LogP contribution in [0.3, 0.4) is 0 Å². The Morgan fingerprint density at radius 1 is 1.10 bits per heavy atom. The van der Waals surface area contributed by atoms with Crippen LogP contribution < -0.4 is 10.5 Å². The summed E-state index contributed by atoms with van der Waals surface area (Å²) in [6, 6.07) is 12.3. The van der Waals surface area contributed by atoms with Gasteiger partial charge in [0.1, 0.15) is 5.75 Å². The second-order valence-corrected chi connectivity index (χ2v) is 8.48. The molecule has 6 nitrogen and oxygen atoms in total. The topological polar surface area (TPSA) is 98.9 Å². The zero-order valence-electron chi connectivity index (χ0n) is 17.4. The van der Waals surface area contributed by atoms with Gasteiger partial charge in [-0.2, -0.15) is 0 Å². The van der Waals surface area contributed by atoms with E-state index in [-0.39, 0.29) is 5.92 Å². The molecule has 1 aromatic carbocycles. The molecule has 0 aliphatic rings. The largest absolute Gasteiger partial charge is 0.494 e. The molecule has 2 aromatic rings. The van der Waals surface area contributed by atoms with Crippen molar-refractivity contribution in [1.82, 2.24) is 0 Å². The van der Waals surface area contributed by atoms with E-state index >= 15 is 0 Å². The third-order valence-corrected chi connectivity index (χ3v) is 5.80. The molecule has 7 heteroatoms. The highest BCUT2D eigenvalue weighted by Crippen LogP contribution is 2.22. The van der Waals surface area contributed by atoms with E-state index in [9.17, 15) is 9.59 Å². The fourth-order valence-electron chi connectivity index (χ4n) is 2.73. The number of carboxylic acid groups (broad SMARTS) is 1. The van der Waals surface area contributed by atoms with Crippen LogP contribution in [0.15, 0.2) is 48.6 Å². The number of hydrogen-bond donors (Lipinski definition) is 2. The van der Waals surface area contributed by atoms with E-state index in [1.165, 1.54) is 15.3 Å². The number of rotatable bonds is 12. The van der Waals surface area contributed by atoms with Gasteiger partial charge < -0.3 is 14.6 Å². The lowest BCUT2D eigenvalue weighted by Gasteiger charge is -2.19. The van der Waals surface area contributed by atoms with Crippen LogP contribution in [-0.2, 0) is 27.2 Å². The Labute approximate surface area is 181 Å². The van der Waals surface area contributed by atoms with E-state index in [0.717, 1.165) is 43.6 Å². The van der Waals surface area contributed by atoms with Gasteiger partial charge in [-0.15, -0.1) is 11.3 Å². The molecule has 0 spiro atoms. The maximum absolute atomic E-state index is 11.5. The number of hydrogen-bond acceptors (Lipinski definition) is 6. The number of carbonyl (C=O) groups is 2. The number of thiophene rings is 1. The van der Waals surface area contributed by atoms with Crippen molar-refractivity contribution in [3.05, 3.63) is 63.9 Å². The van der Waals surface area contributed by atoms with Crippen molar-refractivity contribution in [2.24, 2.45) is 11.7 Å². The highest BCUT2D eigenvalue weighted by molar-refractivity contribution is 7.11. The zero-order chi connectivity index (χ0) is 21.9. The summed E-state index contributed by atoms with van der Waals surface area (Å²) in [6.07, 6.45) is 4.37. The standard InChI is InChI=1S/C23H29NO5S/c1-16-5-8-18(9-6-16)28-15-3-4-19-11-12-20(30-19)10-7-17(2)23(24)29-22(27)14-13-21(25)26/h5-6,8-9,11-14,17,23H,3-4,7,10,15,24H2,1-2H3,(H,25,26)/t17-,23?/m1/s1. The van der Waals surface area contributed by atoms with Crippen LogP contribution in [0, 0.1) is 12.8 Å². The van der Waals surface area contributed by atoms with Gasteiger partial charge in [-0.25, -0.2) is 9.59 Å². The summed E-state index contributed by atoms with van der Waals surface area (Å²) in [5, 5.41) is 8.52. The van der Waals surface area contributed by atoms with Crippen molar-refractivity contribution in [3.8, 4) is 5.75 Å². The highest BCUT2D eigenvalue weighted by Gasteiger charge is 2.16. The van der Waals surface area contributed by atoms with E-state index in [4.69, 9.17) is 20.3 Å². The molecule has 2 rings (SSSR count). The Morgan fingerprint density at radius 3 is 2.43 bits per heavy atom. The molecule has 0 bridgehead atoms. The van der Waals surface area contributed by atoms with Gasteiger partial charge in [-0.3, -0.25) is 5.73 Å². The summed E-state index contributed by atoms with van der Waals surface area (Å²) in [7, 11) is 0. The summed E-state index contributed by atoms with van der Waals surface area (Å²) < 4.78 is 10.8. The minimum absolute atomic E-state index is 0.0411. The van der Waals surface area contributed by atoms with Crippen LogP contribution in [0.1, 0.15) is 35.1 Å². The highest BCUT2D eigenvalue weighted by atomic mass is 32.1. The SMILES string of the molecule is Cc1ccc(OCCCc2ccc(CC[C@@H](C)C(N)OC(=O)C=CC(=O)O)s2)cc1. The number of aliphatic carboxylic acids is 1. The first kappa shape index (κ1) is 23.6. The van der Waals surface area contributed by atoms with Crippen molar-refractivity contribution in [3.63, 3.8) is 0 Å². The molecule has 162 valence electrons. The summed E-state index contributed by atoms with van der Waals surface area (Å²) >= 11 is 1.78. The second kappa shape index (κ2) is 12.1. The molecule has 0 amide bonds. The molecule has 1 aromatic heterocycles. The molecule has 30 heavy (non-hydrogen) atoms. The summed E-state index contributed by atoms with van der Waals surface area (Å²) in [6.45, 7) is 4.65. The Morgan fingerprint density at radius 2 is 1.77 bits per heavy atom. The van der Waals surface area contributed by atoms with Crippen molar-refractivity contribution >= 4 is 23.3 Å². The Hall–Kier alpha value is -2.64. The number of nitrogens with two attached hydrogens (primary N) is 1. The van der Waals surface area contributed by atoms with Crippen molar-refractivity contribution in [1.29, 1.82) is 0 Å². The fourth-order valence-corrected chi connectivity index (χ4v) is 3.80. The second-order valence-electron chi connectivity index (χ2n) is 7.22. The van der Waals surface area contributed by atoms with Gasteiger partial charge in [0.25, 0.3) is 0 Å². The molecule has 0 fully saturated rings. The monoisotopic (exact) mass is 431 g/mol. The van der Waals surface area contributed by atoms with Crippen molar-refractivity contribution in [2.45, 2.75) is 45.8 Å². The molecule has 1 unspecified atom stereocenters. The summed E-state index contributed by atoms with van der Waals surface area (Å²) in [5.41, 5.74) is 7.12. The smallest absolute Gasteiger partial charge is 0.332 e. The maximum Gasteiger partial charge on any atom is 0.332 e. The quantitative estimate of drug-likeness (QED) is 0.227. The first-order valence-corrected chi connectivity index (χ1v) is 10.8. The fraction of sp³-hybridized carbons (Fsp3) is 0.391. The third kappa shape index (κ3) is 8.80. The van der Waals surface area contributed by atoms with Crippen molar-refractivity contribution < 1.29 is 24.2 Å². The Kier molecular flexibility index (Phi) is 9.57. The van der Waals surface area contributed by atoms with Crippen molar-refractivity contribution in [2.75, 3.05) is 6.61 Å². The number of carbonyl (C=O) groups excluding carboxylic acids is 1. The first-order chi connectivity index (χ1) is 14.3. The maximum atomic E-state index is 11.5. The van der Waals surface area contributed by atoms with Gasteiger partial charge >= 0.3 is 11.9 Å². The van der Waals surface area contributed by atoms with E-state index in [0.29, 0.717) is 6.61 Å². The predicted octanol–water partition coefficient (Wildman–Crippen LogP) is 4.11. The number of carboxylic acids is 1. The van der Waals surface area contributed by atoms with Gasteiger partial charge in [0.15, 0.2) is 6.23 Å². The molecular weight excluding hydrogens is 402 g/mol. The predicted molar refractivity (Wildman–Crippen MR) is 118 cm³/mol. The lowest BCUT2D eigenvalue weighted by atomic mass is 10.0. The minimum Gasteiger partial charge on any atom is -0.494 e. The molecule has 0 saturated heterocycles.